The van der Waals surface area contributed by atoms with Gasteiger partial charge in [-0.1, -0.05) is 47.3 Å². The number of nitrogens with one attached hydrogen (secondary N) is 1. The average Bonchev–Trinajstić information content (AvgIpc) is 2.46. The van der Waals surface area contributed by atoms with Crippen LogP contribution in [0.3, 0.4) is 0 Å². The molecular formula is C15H21Cl3N2. The molecule has 1 aliphatic rings. The van der Waals surface area contributed by atoms with Crippen LogP contribution in [0.1, 0.15) is 37.8 Å². The molecule has 0 radical (unpaired) electrons. The molecule has 1 fully saturated rings. The van der Waals surface area contributed by atoms with E-state index in [4.69, 9.17) is 34.8 Å². The van der Waals surface area contributed by atoms with Gasteiger partial charge < -0.3 is 10.2 Å². The highest BCUT2D eigenvalue weighted by atomic mass is 35.5. The lowest BCUT2D eigenvalue weighted by Gasteiger charge is -2.27. The van der Waals surface area contributed by atoms with Crippen LogP contribution in [0.5, 0.6) is 0 Å². The van der Waals surface area contributed by atoms with Crippen molar-refractivity contribution in [1.82, 2.24) is 10.2 Å². The fraction of sp³-hybridized carbons (Fsp3) is 0.600. The van der Waals surface area contributed by atoms with Crippen LogP contribution in [0.2, 0.25) is 15.1 Å². The van der Waals surface area contributed by atoms with Crippen molar-refractivity contribution >= 4 is 34.8 Å². The highest BCUT2D eigenvalue weighted by molar-refractivity contribution is 6.48. The van der Waals surface area contributed by atoms with Crippen LogP contribution >= 0.6 is 34.8 Å². The monoisotopic (exact) mass is 334 g/mol. The van der Waals surface area contributed by atoms with Gasteiger partial charge in [0.15, 0.2) is 0 Å². The number of benzene rings is 1. The van der Waals surface area contributed by atoms with Crippen LogP contribution in [-0.4, -0.2) is 31.1 Å². The second-order valence-electron chi connectivity index (χ2n) is 5.34. The molecule has 1 aromatic rings. The zero-order valence-electron chi connectivity index (χ0n) is 11.8. The molecule has 0 bridgehead atoms. The summed E-state index contributed by atoms with van der Waals surface area (Å²) in [5, 5.41) is 5.00. The summed E-state index contributed by atoms with van der Waals surface area (Å²) < 4.78 is 0. The third-order valence-electron chi connectivity index (χ3n) is 3.86. The van der Waals surface area contributed by atoms with Gasteiger partial charge in [-0.25, -0.2) is 0 Å². The van der Waals surface area contributed by atoms with Gasteiger partial charge >= 0.3 is 0 Å². The minimum absolute atomic E-state index is 0.169. The number of nitrogens with zero attached hydrogens (tertiary/aromatic N) is 1. The molecule has 2 nitrogen and oxygen atoms in total. The van der Waals surface area contributed by atoms with Crippen molar-refractivity contribution in [2.75, 3.05) is 26.2 Å². The molecule has 0 spiro atoms. The SMILES string of the molecule is CC(NCCN1CCCCC1)c1ccc(Cl)c(Cl)c1Cl. The Kier molecular flexibility index (Phi) is 6.44. The maximum atomic E-state index is 6.25. The summed E-state index contributed by atoms with van der Waals surface area (Å²) in [5.41, 5.74) is 1.000. The molecule has 1 aliphatic heterocycles. The molecular weight excluding hydrogens is 315 g/mol. The molecule has 0 saturated carbocycles. The lowest BCUT2D eigenvalue weighted by Crippen LogP contribution is -2.36. The highest BCUT2D eigenvalue weighted by Gasteiger charge is 2.15. The fourth-order valence-electron chi connectivity index (χ4n) is 2.61. The topological polar surface area (TPSA) is 15.3 Å². The van der Waals surface area contributed by atoms with Crippen molar-refractivity contribution in [1.29, 1.82) is 0 Å². The lowest BCUT2D eigenvalue weighted by molar-refractivity contribution is 0.227. The molecule has 5 heteroatoms. The van der Waals surface area contributed by atoms with E-state index < -0.39 is 0 Å². The van der Waals surface area contributed by atoms with E-state index in [0.29, 0.717) is 15.1 Å². The van der Waals surface area contributed by atoms with Crippen LogP contribution in [0.25, 0.3) is 0 Å². The first-order valence-electron chi connectivity index (χ1n) is 7.18. The largest absolute Gasteiger partial charge is 0.309 e. The molecule has 0 aromatic heterocycles. The van der Waals surface area contributed by atoms with Crippen LogP contribution in [-0.2, 0) is 0 Å². The summed E-state index contributed by atoms with van der Waals surface area (Å²) in [7, 11) is 0. The van der Waals surface area contributed by atoms with Crippen molar-refractivity contribution in [2.45, 2.75) is 32.2 Å². The van der Waals surface area contributed by atoms with Gasteiger partial charge in [0.2, 0.25) is 0 Å². The molecule has 1 aromatic carbocycles. The van der Waals surface area contributed by atoms with Crippen molar-refractivity contribution in [3.63, 3.8) is 0 Å². The molecule has 1 atom stereocenters. The Morgan fingerprint density at radius 1 is 1.10 bits per heavy atom. The minimum atomic E-state index is 0.169. The average molecular weight is 336 g/mol. The molecule has 1 N–H and O–H groups in total. The van der Waals surface area contributed by atoms with E-state index in [0.717, 1.165) is 18.7 Å². The van der Waals surface area contributed by atoms with Gasteiger partial charge in [0, 0.05) is 19.1 Å². The maximum absolute atomic E-state index is 6.25. The van der Waals surface area contributed by atoms with E-state index in [9.17, 15) is 0 Å². The third kappa shape index (κ3) is 4.25. The standard InChI is InChI=1S/C15H21Cl3N2/c1-11(12-5-6-13(16)15(18)14(12)17)19-7-10-20-8-3-2-4-9-20/h5-6,11,19H,2-4,7-10H2,1H3. The fourth-order valence-corrected chi connectivity index (χ4v) is 3.31. The van der Waals surface area contributed by atoms with Gasteiger partial charge in [-0.3, -0.25) is 0 Å². The summed E-state index contributed by atoms with van der Waals surface area (Å²) in [6, 6.07) is 3.91. The maximum Gasteiger partial charge on any atom is 0.0781 e. The predicted molar refractivity (Wildman–Crippen MR) is 88.2 cm³/mol. The van der Waals surface area contributed by atoms with Gasteiger partial charge in [0.05, 0.1) is 15.1 Å². The van der Waals surface area contributed by atoms with Crippen LogP contribution < -0.4 is 5.32 Å². The van der Waals surface area contributed by atoms with Crippen molar-refractivity contribution in [2.24, 2.45) is 0 Å². The summed E-state index contributed by atoms with van der Waals surface area (Å²) in [6.07, 6.45) is 4.03. The zero-order valence-corrected chi connectivity index (χ0v) is 14.0. The number of hydrogen-bond donors (Lipinski definition) is 1. The van der Waals surface area contributed by atoms with E-state index in [1.807, 2.05) is 6.07 Å². The van der Waals surface area contributed by atoms with E-state index in [-0.39, 0.29) is 6.04 Å². The minimum Gasteiger partial charge on any atom is -0.309 e. The Balaban J connectivity index is 1.85. The van der Waals surface area contributed by atoms with E-state index in [1.165, 1.54) is 32.4 Å². The Morgan fingerprint density at radius 3 is 2.50 bits per heavy atom. The van der Waals surface area contributed by atoms with Crippen molar-refractivity contribution in [3.8, 4) is 0 Å². The van der Waals surface area contributed by atoms with Crippen LogP contribution in [0, 0.1) is 0 Å². The normalized spacial score (nSPS) is 18.2. The van der Waals surface area contributed by atoms with Crippen molar-refractivity contribution < 1.29 is 0 Å². The van der Waals surface area contributed by atoms with Crippen molar-refractivity contribution in [3.05, 3.63) is 32.8 Å². The quantitative estimate of drug-likeness (QED) is 0.779. The van der Waals surface area contributed by atoms with Gasteiger partial charge in [-0.05, 0) is 44.5 Å². The highest BCUT2D eigenvalue weighted by Crippen LogP contribution is 2.35. The number of halogens is 3. The Morgan fingerprint density at radius 2 is 1.80 bits per heavy atom. The molecule has 112 valence electrons. The molecule has 0 aliphatic carbocycles. The van der Waals surface area contributed by atoms with Crippen LogP contribution in [0.15, 0.2) is 12.1 Å². The number of likely N-dealkylation sites (tertiary alicyclic amines) is 1. The summed E-state index contributed by atoms with van der Waals surface area (Å²) in [4.78, 5) is 2.51. The molecule has 1 unspecified atom stereocenters. The van der Waals surface area contributed by atoms with Gasteiger partial charge in [-0.2, -0.15) is 0 Å². The lowest BCUT2D eigenvalue weighted by atomic mass is 10.1. The Hall–Kier alpha value is 0.01000. The van der Waals surface area contributed by atoms with E-state index >= 15 is 0 Å². The molecule has 2 rings (SSSR count). The number of piperidine rings is 1. The smallest absolute Gasteiger partial charge is 0.0781 e. The second-order valence-corrected chi connectivity index (χ2v) is 6.51. The van der Waals surface area contributed by atoms with Gasteiger partial charge in [-0.15, -0.1) is 0 Å². The first-order valence-corrected chi connectivity index (χ1v) is 8.32. The Labute approximate surface area is 136 Å². The first-order chi connectivity index (χ1) is 9.59. The summed E-state index contributed by atoms with van der Waals surface area (Å²) >= 11 is 18.3. The Bertz CT molecular complexity index is 445. The third-order valence-corrected chi connectivity index (χ3v) is 5.17. The summed E-state index contributed by atoms with van der Waals surface area (Å²) in [6.45, 7) is 6.59. The first kappa shape index (κ1) is 16.4. The van der Waals surface area contributed by atoms with Gasteiger partial charge in [0.1, 0.15) is 0 Å². The summed E-state index contributed by atoms with van der Waals surface area (Å²) in [5.74, 6) is 0. The zero-order chi connectivity index (χ0) is 14.5. The number of rotatable bonds is 5. The molecule has 1 heterocycles. The van der Waals surface area contributed by atoms with Gasteiger partial charge in [0.25, 0.3) is 0 Å². The molecule has 1 saturated heterocycles. The molecule has 0 amide bonds. The molecule has 20 heavy (non-hydrogen) atoms. The van der Waals surface area contributed by atoms with E-state index in [2.05, 4.69) is 17.1 Å². The predicted octanol–water partition coefficient (Wildman–Crippen LogP) is 4.78. The number of hydrogen-bond acceptors (Lipinski definition) is 2. The van der Waals surface area contributed by atoms with E-state index in [1.54, 1.807) is 6.07 Å². The second kappa shape index (κ2) is 7.86. The van der Waals surface area contributed by atoms with Crippen LogP contribution in [0.4, 0.5) is 0 Å².